The van der Waals surface area contributed by atoms with Gasteiger partial charge in [0.1, 0.15) is 0 Å². The molecule has 0 spiro atoms. The highest BCUT2D eigenvalue weighted by Crippen LogP contribution is 2.39. The maximum atomic E-state index is 5.74. The normalized spacial score (nSPS) is 43.9. The van der Waals surface area contributed by atoms with Crippen LogP contribution in [0.4, 0.5) is 0 Å². The van der Waals surface area contributed by atoms with Gasteiger partial charge in [-0.05, 0) is 24.7 Å². The minimum atomic E-state index is 0.501. The second kappa shape index (κ2) is 2.24. The summed E-state index contributed by atoms with van der Waals surface area (Å²) in [5.74, 6) is 1.54. The molecule has 0 amide bonds. The minimum absolute atomic E-state index is 0.501. The maximum Gasteiger partial charge on any atom is 0.00769 e. The first kappa shape index (κ1) is 6.17. The van der Waals surface area contributed by atoms with Crippen LogP contribution in [0.2, 0.25) is 0 Å². The molecule has 0 aromatic carbocycles. The van der Waals surface area contributed by atoms with Gasteiger partial charge in [-0.15, -0.1) is 0 Å². The van der Waals surface area contributed by atoms with Gasteiger partial charge in [0.05, 0.1) is 0 Å². The topological polar surface area (TPSA) is 26.0 Å². The van der Waals surface area contributed by atoms with Gasteiger partial charge >= 0.3 is 0 Å². The van der Waals surface area contributed by atoms with Crippen molar-refractivity contribution in [3.8, 4) is 0 Å². The Bertz CT molecular complexity index is 181. The van der Waals surface area contributed by atoms with Crippen LogP contribution in [0.15, 0.2) is 24.3 Å². The molecular weight excluding hydrogens is 122 g/mol. The van der Waals surface area contributed by atoms with E-state index < -0.39 is 0 Å². The average Bonchev–Trinajstić information content (AvgIpc) is 2.69. The molecule has 3 atom stereocenters. The van der Waals surface area contributed by atoms with Crippen LogP contribution in [0.5, 0.6) is 0 Å². The van der Waals surface area contributed by atoms with E-state index in [-0.39, 0.29) is 0 Å². The summed E-state index contributed by atoms with van der Waals surface area (Å²) in [7, 11) is 0. The van der Waals surface area contributed by atoms with Gasteiger partial charge < -0.3 is 5.73 Å². The molecular formula is C9H13N. The van der Waals surface area contributed by atoms with Crippen molar-refractivity contribution in [2.75, 3.05) is 0 Å². The van der Waals surface area contributed by atoms with Gasteiger partial charge in [0.25, 0.3) is 0 Å². The summed E-state index contributed by atoms with van der Waals surface area (Å²) in [6, 6.07) is 0.501. The molecule has 10 heavy (non-hydrogen) atoms. The monoisotopic (exact) mass is 135 g/mol. The number of nitrogens with two attached hydrogens (primary N) is 1. The molecule has 1 fully saturated rings. The fourth-order valence-electron chi connectivity index (χ4n) is 1.65. The van der Waals surface area contributed by atoms with Gasteiger partial charge in [-0.3, -0.25) is 0 Å². The van der Waals surface area contributed by atoms with E-state index in [9.17, 15) is 0 Å². The molecule has 2 N–H and O–H groups in total. The lowest BCUT2D eigenvalue weighted by atomic mass is 9.95. The van der Waals surface area contributed by atoms with E-state index in [1.807, 2.05) is 0 Å². The molecule has 0 aromatic heterocycles. The molecule has 2 aliphatic carbocycles. The quantitative estimate of drug-likeness (QED) is 0.579. The van der Waals surface area contributed by atoms with Gasteiger partial charge in [0, 0.05) is 6.04 Å². The van der Waals surface area contributed by atoms with E-state index in [1.54, 1.807) is 0 Å². The third kappa shape index (κ3) is 1.01. The standard InChI is InChI=1S/C9H13N/c10-9-6-8(9)7-4-2-1-3-5-7/h1-4,7-9H,5-6,10H2/t7?,8-,9+/m0/s1. The molecule has 0 bridgehead atoms. The van der Waals surface area contributed by atoms with Crippen LogP contribution in [-0.4, -0.2) is 6.04 Å². The Morgan fingerprint density at radius 3 is 2.60 bits per heavy atom. The number of hydrogen-bond donors (Lipinski definition) is 1. The zero-order valence-corrected chi connectivity index (χ0v) is 6.03. The summed E-state index contributed by atoms with van der Waals surface area (Å²) in [6.07, 6.45) is 11.2. The molecule has 1 nitrogen and oxygen atoms in total. The van der Waals surface area contributed by atoms with Crippen LogP contribution >= 0.6 is 0 Å². The summed E-state index contributed by atoms with van der Waals surface area (Å²) in [6.45, 7) is 0. The summed E-state index contributed by atoms with van der Waals surface area (Å²) >= 11 is 0. The summed E-state index contributed by atoms with van der Waals surface area (Å²) in [5.41, 5.74) is 5.74. The third-order valence-corrected chi connectivity index (χ3v) is 2.45. The Labute approximate surface area is 61.6 Å². The van der Waals surface area contributed by atoms with Gasteiger partial charge in [-0.25, -0.2) is 0 Å². The zero-order chi connectivity index (χ0) is 6.97. The lowest BCUT2D eigenvalue weighted by Crippen LogP contribution is -2.09. The van der Waals surface area contributed by atoms with Crippen LogP contribution in [0.3, 0.4) is 0 Å². The first-order chi connectivity index (χ1) is 4.88. The molecule has 1 saturated carbocycles. The van der Waals surface area contributed by atoms with Crippen LogP contribution in [0.1, 0.15) is 12.8 Å². The molecule has 0 saturated heterocycles. The zero-order valence-electron chi connectivity index (χ0n) is 6.03. The smallest absolute Gasteiger partial charge is 0.00769 e. The predicted molar refractivity (Wildman–Crippen MR) is 42.5 cm³/mol. The summed E-state index contributed by atoms with van der Waals surface area (Å²) < 4.78 is 0. The largest absolute Gasteiger partial charge is 0.327 e. The SMILES string of the molecule is N[C@@H]1C[C@H]1C1C=CC=CC1. The number of hydrogen-bond acceptors (Lipinski definition) is 1. The van der Waals surface area contributed by atoms with Crippen LogP contribution < -0.4 is 5.73 Å². The van der Waals surface area contributed by atoms with Crippen molar-refractivity contribution in [2.45, 2.75) is 18.9 Å². The molecule has 2 rings (SSSR count). The van der Waals surface area contributed by atoms with Gasteiger partial charge in [-0.2, -0.15) is 0 Å². The van der Waals surface area contributed by atoms with E-state index in [1.165, 1.54) is 12.8 Å². The van der Waals surface area contributed by atoms with E-state index in [4.69, 9.17) is 5.73 Å². The van der Waals surface area contributed by atoms with Crippen molar-refractivity contribution in [1.29, 1.82) is 0 Å². The highest BCUT2D eigenvalue weighted by Gasteiger charge is 2.38. The fourth-order valence-corrected chi connectivity index (χ4v) is 1.65. The molecule has 1 unspecified atom stereocenters. The highest BCUT2D eigenvalue weighted by atomic mass is 14.7. The summed E-state index contributed by atoms with van der Waals surface area (Å²) in [4.78, 5) is 0. The Morgan fingerprint density at radius 1 is 1.30 bits per heavy atom. The highest BCUT2D eigenvalue weighted by molar-refractivity contribution is 5.15. The van der Waals surface area contributed by atoms with Crippen LogP contribution in [-0.2, 0) is 0 Å². The van der Waals surface area contributed by atoms with Gasteiger partial charge in [-0.1, -0.05) is 24.3 Å². The van der Waals surface area contributed by atoms with E-state index >= 15 is 0 Å². The molecule has 2 aliphatic rings. The minimum Gasteiger partial charge on any atom is -0.327 e. The molecule has 54 valence electrons. The maximum absolute atomic E-state index is 5.74. The molecule has 0 aromatic rings. The Balaban J connectivity index is 1.95. The predicted octanol–water partition coefficient (Wildman–Crippen LogP) is 1.47. The first-order valence-corrected chi connectivity index (χ1v) is 3.97. The Kier molecular flexibility index (Phi) is 1.38. The van der Waals surface area contributed by atoms with Crippen molar-refractivity contribution >= 4 is 0 Å². The Hall–Kier alpha value is -0.560. The molecule has 1 heteroatoms. The van der Waals surface area contributed by atoms with Crippen molar-refractivity contribution in [1.82, 2.24) is 0 Å². The second-order valence-electron chi connectivity index (χ2n) is 3.28. The number of allylic oxidation sites excluding steroid dienone is 4. The van der Waals surface area contributed by atoms with Crippen molar-refractivity contribution in [3.63, 3.8) is 0 Å². The Morgan fingerprint density at radius 2 is 2.10 bits per heavy atom. The number of rotatable bonds is 1. The average molecular weight is 135 g/mol. The van der Waals surface area contributed by atoms with Crippen molar-refractivity contribution in [3.05, 3.63) is 24.3 Å². The van der Waals surface area contributed by atoms with E-state index in [2.05, 4.69) is 24.3 Å². The second-order valence-corrected chi connectivity index (χ2v) is 3.28. The third-order valence-electron chi connectivity index (χ3n) is 2.45. The van der Waals surface area contributed by atoms with Crippen LogP contribution in [0, 0.1) is 11.8 Å². The van der Waals surface area contributed by atoms with Gasteiger partial charge in [0.15, 0.2) is 0 Å². The first-order valence-electron chi connectivity index (χ1n) is 3.97. The molecule has 0 heterocycles. The van der Waals surface area contributed by atoms with E-state index in [0.29, 0.717) is 6.04 Å². The lowest BCUT2D eigenvalue weighted by Gasteiger charge is -2.10. The summed E-state index contributed by atoms with van der Waals surface area (Å²) in [5, 5.41) is 0. The van der Waals surface area contributed by atoms with E-state index in [0.717, 1.165) is 11.8 Å². The van der Waals surface area contributed by atoms with Gasteiger partial charge in [0.2, 0.25) is 0 Å². The lowest BCUT2D eigenvalue weighted by molar-refractivity contribution is 0.557. The van der Waals surface area contributed by atoms with Crippen molar-refractivity contribution < 1.29 is 0 Å². The fraction of sp³-hybridized carbons (Fsp3) is 0.556. The van der Waals surface area contributed by atoms with Crippen LogP contribution in [0.25, 0.3) is 0 Å². The molecule has 0 radical (unpaired) electrons. The molecule has 0 aliphatic heterocycles. The van der Waals surface area contributed by atoms with Crippen molar-refractivity contribution in [2.24, 2.45) is 17.6 Å².